The van der Waals surface area contributed by atoms with Gasteiger partial charge in [-0.05, 0) is 69.6 Å². The highest BCUT2D eigenvalue weighted by Crippen LogP contribution is 2.42. The first-order valence-corrected chi connectivity index (χ1v) is 15.2. The van der Waals surface area contributed by atoms with Crippen molar-refractivity contribution in [3.8, 4) is 0 Å². The molecule has 0 atom stereocenters. The van der Waals surface area contributed by atoms with Crippen LogP contribution in [0.25, 0.3) is 0 Å². The molecule has 0 unspecified atom stereocenters. The summed E-state index contributed by atoms with van der Waals surface area (Å²) in [7, 11) is 0. The van der Waals surface area contributed by atoms with E-state index in [2.05, 4.69) is 31.4 Å². The summed E-state index contributed by atoms with van der Waals surface area (Å²) in [6.07, 6.45) is 29.0. The number of thiazole rings is 1. The van der Waals surface area contributed by atoms with Gasteiger partial charge in [0.15, 0.2) is 0 Å². The lowest BCUT2D eigenvalue weighted by molar-refractivity contribution is 0.0232. The molecule has 0 radical (unpaired) electrons. The first-order valence-electron chi connectivity index (χ1n) is 14.4. The van der Waals surface area contributed by atoms with Gasteiger partial charge in [0.2, 0.25) is 0 Å². The van der Waals surface area contributed by atoms with Gasteiger partial charge in [0, 0.05) is 23.6 Å². The highest BCUT2D eigenvalue weighted by atomic mass is 32.1. The summed E-state index contributed by atoms with van der Waals surface area (Å²) in [6, 6.07) is 0. The van der Waals surface area contributed by atoms with Crippen molar-refractivity contribution >= 4 is 11.3 Å². The van der Waals surface area contributed by atoms with Gasteiger partial charge in [-0.2, -0.15) is 0 Å². The summed E-state index contributed by atoms with van der Waals surface area (Å²) >= 11 is 2.05. The van der Waals surface area contributed by atoms with Gasteiger partial charge < -0.3 is 4.74 Å². The summed E-state index contributed by atoms with van der Waals surface area (Å²) < 4.78 is 6.06. The molecule has 1 heterocycles. The standard InChI is InChI=1S/C29H51NOS/c1-3-5-7-8-9-10-11-12-13-24-14-16-25(17-15-24)28-23-30-29(32-28)26-18-20-27(21-19-26)31-22-6-4-2/h23-27H,3-22H2,1-2H3. The second-order valence-electron chi connectivity index (χ2n) is 10.8. The molecule has 0 saturated heterocycles. The Bertz CT molecular complexity index is 584. The van der Waals surface area contributed by atoms with Crippen LogP contribution in [0.15, 0.2) is 6.20 Å². The molecule has 3 rings (SSSR count). The predicted octanol–water partition coefficient (Wildman–Crippen LogP) is 9.79. The van der Waals surface area contributed by atoms with Crippen LogP contribution in [-0.2, 0) is 4.74 Å². The van der Waals surface area contributed by atoms with Crippen molar-refractivity contribution in [2.45, 2.75) is 154 Å². The Labute approximate surface area is 203 Å². The first kappa shape index (κ1) is 26.2. The zero-order valence-electron chi connectivity index (χ0n) is 21.3. The lowest BCUT2D eigenvalue weighted by atomic mass is 9.79. The molecule has 32 heavy (non-hydrogen) atoms. The summed E-state index contributed by atoms with van der Waals surface area (Å²) in [5.74, 6) is 2.49. The van der Waals surface area contributed by atoms with Gasteiger partial charge in [-0.25, -0.2) is 4.98 Å². The molecule has 0 bridgehead atoms. The van der Waals surface area contributed by atoms with Crippen LogP contribution in [0.4, 0.5) is 0 Å². The molecule has 1 aromatic rings. The van der Waals surface area contributed by atoms with Crippen LogP contribution >= 0.6 is 11.3 Å². The topological polar surface area (TPSA) is 22.1 Å². The van der Waals surface area contributed by atoms with E-state index in [-0.39, 0.29) is 0 Å². The molecular formula is C29H51NOS. The minimum atomic E-state index is 0.508. The fourth-order valence-electron chi connectivity index (χ4n) is 5.85. The Kier molecular flexibility index (Phi) is 12.7. The van der Waals surface area contributed by atoms with E-state index in [9.17, 15) is 0 Å². The van der Waals surface area contributed by atoms with Crippen LogP contribution in [0.3, 0.4) is 0 Å². The second kappa shape index (κ2) is 15.5. The highest BCUT2D eigenvalue weighted by molar-refractivity contribution is 7.11. The Morgan fingerprint density at radius 3 is 2.06 bits per heavy atom. The van der Waals surface area contributed by atoms with E-state index in [4.69, 9.17) is 9.72 Å². The molecule has 1 aromatic heterocycles. The largest absolute Gasteiger partial charge is 0.378 e. The van der Waals surface area contributed by atoms with Crippen molar-refractivity contribution in [2.75, 3.05) is 6.61 Å². The average molecular weight is 462 g/mol. The van der Waals surface area contributed by atoms with Crippen LogP contribution in [0.2, 0.25) is 0 Å². The van der Waals surface area contributed by atoms with E-state index in [0.29, 0.717) is 12.0 Å². The number of hydrogen-bond acceptors (Lipinski definition) is 3. The quantitative estimate of drug-likeness (QED) is 0.242. The third-order valence-corrected chi connectivity index (χ3v) is 9.45. The molecular weight excluding hydrogens is 410 g/mol. The third kappa shape index (κ3) is 9.09. The number of aromatic nitrogens is 1. The zero-order valence-corrected chi connectivity index (χ0v) is 22.1. The molecule has 2 aliphatic rings. The predicted molar refractivity (Wildman–Crippen MR) is 140 cm³/mol. The number of hydrogen-bond donors (Lipinski definition) is 0. The fourth-order valence-corrected chi connectivity index (χ4v) is 7.11. The normalized spacial score (nSPS) is 26.4. The summed E-state index contributed by atoms with van der Waals surface area (Å²) in [5.41, 5.74) is 0. The van der Waals surface area contributed by atoms with E-state index < -0.39 is 0 Å². The Balaban J connectivity index is 1.28. The summed E-state index contributed by atoms with van der Waals surface area (Å²) in [4.78, 5) is 6.50. The van der Waals surface area contributed by atoms with E-state index in [1.165, 1.54) is 127 Å². The molecule has 0 aromatic carbocycles. The number of rotatable bonds is 15. The molecule has 0 aliphatic heterocycles. The minimum Gasteiger partial charge on any atom is -0.378 e. The SMILES string of the molecule is CCCCCCCCCCC1CCC(c2cnc(C3CCC(OCCCC)CC3)s2)CC1. The summed E-state index contributed by atoms with van der Waals surface area (Å²) in [5, 5.41) is 1.42. The van der Waals surface area contributed by atoms with Crippen molar-refractivity contribution < 1.29 is 4.74 Å². The molecule has 0 N–H and O–H groups in total. The molecule has 3 heteroatoms. The Hall–Kier alpha value is -0.410. The smallest absolute Gasteiger partial charge is 0.0958 e. The van der Waals surface area contributed by atoms with E-state index in [0.717, 1.165) is 18.4 Å². The molecule has 2 fully saturated rings. The Morgan fingerprint density at radius 2 is 1.38 bits per heavy atom. The zero-order chi connectivity index (χ0) is 22.4. The summed E-state index contributed by atoms with van der Waals surface area (Å²) in [6.45, 7) is 5.50. The average Bonchev–Trinajstić information content (AvgIpc) is 3.32. The molecule has 184 valence electrons. The monoisotopic (exact) mass is 461 g/mol. The maximum atomic E-state index is 6.06. The second-order valence-corrected chi connectivity index (χ2v) is 11.9. The van der Waals surface area contributed by atoms with Gasteiger partial charge in [-0.15, -0.1) is 11.3 Å². The van der Waals surface area contributed by atoms with Crippen molar-refractivity contribution in [1.29, 1.82) is 0 Å². The molecule has 0 spiro atoms. The molecule has 2 nitrogen and oxygen atoms in total. The van der Waals surface area contributed by atoms with Crippen LogP contribution < -0.4 is 0 Å². The molecule has 0 amide bonds. The maximum Gasteiger partial charge on any atom is 0.0958 e. The van der Waals surface area contributed by atoms with Crippen LogP contribution in [0, 0.1) is 5.92 Å². The van der Waals surface area contributed by atoms with Gasteiger partial charge in [0.25, 0.3) is 0 Å². The van der Waals surface area contributed by atoms with Gasteiger partial charge >= 0.3 is 0 Å². The van der Waals surface area contributed by atoms with Crippen LogP contribution in [0.1, 0.15) is 158 Å². The van der Waals surface area contributed by atoms with Gasteiger partial charge in [-0.3, -0.25) is 0 Å². The fraction of sp³-hybridized carbons (Fsp3) is 0.897. The number of ether oxygens (including phenoxy) is 1. The third-order valence-electron chi connectivity index (χ3n) is 8.13. The molecule has 2 aliphatic carbocycles. The van der Waals surface area contributed by atoms with E-state index >= 15 is 0 Å². The first-order chi connectivity index (χ1) is 15.8. The van der Waals surface area contributed by atoms with Gasteiger partial charge in [-0.1, -0.05) is 78.1 Å². The van der Waals surface area contributed by atoms with Crippen molar-refractivity contribution in [2.24, 2.45) is 5.92 Å². The van der Waals surface area contributed by atoms with Gasteiger partial charge in [0.05, 0.1) is 11.1 Å². The van der Waals surface area contributed by atoms with Crippen LogP contribution in [-0.4, -0.2) is 17.7 Å². The van der Waals surface area contributed by atoms with Crippen molar-refractivity contribution in [1.82, 2.24) is 4.98 Å². The lowest BCUT2D eigenvalue weighted by Crippen LogP contribution is -2.21. The van der Waals surface area contributed by atoms with E-state index in [1.54, 1.807) is 4.88 Å². The minimum absolute atomic E-state index is 0.508. The number of nitrogens with zero attached hydrogens (tertiary/aromatic N) is 1. The van der Waals surface area contributed by atoms with E-state index in [1.807, 2.05) is 0 Å². The van der Waals surface area contributed by atoms with Crippen molar-refractivity contribution in [3.05, 3.63) is 16.1 Å². The maximum absolute atomic E-state index is 6.06. The van der Waals surface area contributed by atoms with Crippen molar-refractivity contribution in [3.63, 3.8) is 0 Å². The molecule has 2 saturated carbocycles. The van der Waals surface area contributed by atoms with Crippen LogP contribution in [0.5, 0.6) is 0 Å². The Morgan fingerprint density at radius 1 is 0.750 bits per heavy atom. The lowest BCUT2D eigenvalue weighted by Gasteiger charge is -2.28. The number of unbranched alkanes of at least 4 members (excludes halogenated alkanes) is 8. The van der Waals surface area contributed by atoms with Gasteiger partial charge in [0.1, 0.15) is 0 Å². The highest BCUT2D eigenvalue weighted by Gasteiger charge is 2.27.